The van der Waals surface area contributed by atoms with E-state index in [-0.39, 0.29) is 12.1 Å². The molecule has 1 heterocycles. The molecule has 3 N–H and O–H groups in total. The molecule has 5 nitrogen and oxygen atoms in total. The number of hydrogen-bond donors (Lipinski definition) is 3. The molecule has 5 heteroatoms. The SMILES string of the molecule is Cc1ccc(C(=O)NCC2(O)CCC2)c(=O)[nH]1. The van der Waals surface area contributed by atoms with Gasteiger partial charge in [0.25, 0.3) is 11.5 Å². The molecule has 0 saturated heterocycles. The van der Waals surface area contributed by atoms with Crippen molar-refractivity contribution in [3.63, 3.8) is 0 Å². The Hall–Kier alpha value is -1.62. The molecule has 92 valence electrons. The van der Waals surface area contributed by atoms with Crippen molar-refractivity contribution in [3.05, 3.63) is 33.7 Å². The van der Waals surface area contributed by atoms with Crippen LogP contribution in [0.1, 0.15) is 35.3 Å². The van der Waals surface area contributed by atoms with E-state index >= 15 is 0 Å². The molecule has 0 aromatic carbocycles. The van der Waals surface area contributed by atoms with Gasteiger partial charge in [0.2, 0.25) is 0 Å². The number of hydrogen-bond acceptors (Lipinski definition) is 3. The van der Waals surface area contributed by atoms with E-state index < -0.39 is 17.1 Å². The number of pyridine rings is 1. The second-order valence-electron chi connectivity index (χ2n) is 4.64. The molecular formula is C12H16N2O3. The van der Waals surface area contributed by atoms with Gasteiger partial charge in [0.1, 0.15) is 5.56 Å². The Morgan fingerprint density at radius 1 is 1.53 bits per heavy atom. The Kier molecular flexibility index (Phi) is 3.02. The van der Waals surface area contributed by atoms with E-state index in [0.29, 0.717) is 18.5 Å². The van der Waals surface area contributed by atoms with Crippen molar-refractivity contribution < 1.29 is 9.90 Å². The average Bonchev–Trinajstić information content (AvgIpc) is 2.23. The number of rotatable bonds is 3. The molecule has 1 saturated carbocycles. The van der Waals surface area contributed by atoms with Crippen LogP contribution in [-0.4, -0.2) is 28.1 Å². The van der Waals surface area contributed by atoms with Crippen molar-refractivity contribution in [1.29, 1.82) is 0 Å². The quantitative estimate of drug-likeness (QED) is 0.707. The Morgan fingerprint density at radius 3 is 2.76 bits per heavy atom. The summed E-state index contributed by atoms with van der Waals surface area (Å²) in [6.45, 7) is 1.96. The Bertz CT molecular complexity index is 489. The molecule has 2 rings (SSSR count). The van der Waals surface area contributed by atoms with Gasteiger partial charge in [-0.2, -0.15) is 0 Å². The van der Waals surface area contributed by atoms with Gasteiger partial charge in [-0.25, -0.2) is 0 Å². The molecule has 1 aromatic heterocycles. The summed E-state index contributed by atoms with van der Waals surface area (Å²) in [6, 6.07) is 3.17. The van der Waals surface area contributed by atoms with Gasteiger partial charge < -0.3 is 15.4 Å². The maximum Gasteiger partial charge on any atom is 0.260 e. The number of nitrogens with one attached hydrogen (secondary N) is 2. The van der Waals surface area contributed by atoms with Crippen molar-refractivity contribution in [1.82, 2.24) is 10.3 Å². The predicted molar refractivity (Wildman–Crippen MR) is 62.9 cm³/mol. The molecule has 17 heavy (non-hydrogen) atoms. The first-order valence-corrected chi connectivity index (χ1v) is 5.71. The second kappa shape index (κ2) is 4.33. The summed E-state index contributed by atoms with van der Waals surface area (Å²) in [7, 11) is 0. The number of amides is 1. The van der Waals surface area contributed by atoms with Crippen LogP contribution in [0.15, 0.2) is 16.9 Å². The summed E-state index contributed by atoms with van der Waals surface area (Å²) in [5.41, 5.74) is -0.376. The topological polar surface area (TPSA) is 82.2 Å². The van der Waals surface area contributed by atoms with Gasteiger partial charge in [0, 0.05) is 12.2 Å². The van der Waals surface area contributed by atoms with E-state index in [1.165, 1.54) is 6.07 Å². The summed E-state index contributed by atoms with van der Waals surface area (Å²) in [6.07, 6.45) is 2.40. The molecular weight excluding hydrogens is 220 g/mol. The van der Waals surface area contributed by atoms with Crippen molar-refractivity contribution in [2.75, 3.05) is 6.54 Å². The van der Waals surface area contributed by atoms with Crippen LogP contribution in [0, 0.1) is 6.92 Å². The normalized spacial score (nSPS) is 17.3. The number of aliphatic hydroxyl groups is 1. The third-order valence-electron chi connectivity index (χ3n) is 3.16. The zero-order valence-corrected chi connectivity index (χ0v) is 9.75. The van der Waals surface area contributed by atoms with Gasteiger partial charge in [0.05, 0.1) is 5.60 Å². The summed E-state index contributed by atoms with van der Waals surface area (Å²) in [4.78, 5) is 25.8. The average molecular weight is 236 g/mol. The minimum absolute atomic E-state index is 0.0820. The van der Waals surface area contributed by atoms with Gasteiger partial charge in [-0.1, -0.05) is 0 Å². The molecule has 1 fully saturated rings. The van der Waals surface area contributed by atoms with Crippen LogP contribution < -0.4 is 10.9 Å². The summed E-state index contributed by atoms with van der Waals surface area (Å²) in [5.74, 6) is -0.438. The minimum Gasteiger partial charge on any atom is -0.388 e. The lowest BCUT2D eigenvalue weighted by Gasteiger charge is -2.36. The van der Waals surface area contributed by atoms with Crippen molar-refractivity contribution in [2.24, 2.45) is 0 Å². The van der Waals surface area contributed by atoms with Crippen molar-refractivity contribution >= 4 is 5.91 Å². The lowest BCUT2D eigenvalue weighted by atomic mass is 9.80. The first kappa shape index (κ1) is 11.9. The molecule has 1 amide bonds. The zero-order valence-electron chi connectivity index (χ0n) is 9.75. The van der Waals surface area contributed by atoms with E-state index in [1.54, 1.807) is 13.0 Å². The zero-order chi connectivity index (χ0) is 12.5. The predicted octanol–water partition coefficient (Wildman–Crippen LogP) is 0.328. The number of aromatic nitrogens is 1. The number of H-pyrrole nitrogens is 1. The first-order chi connectivity index (χ1) is 8.00. The highest BCUT2D eigenvalue weighted by atomic mass is 16.3. The fourth-order valence-electron chi connectivity index (χ4n) is 1.85. The highest BCUT2D eigenvalue weighted by Crippen LogP contribution is 2.30. The number of carbonyl (C=O) groups is 1. The largest absolute Gasteiger partial charge is 0.388 e. The van der Waals surface area contributed by atoms with Gasteiger partial charge in [-0.05, 0) is 38.3 Å². The molecule has 0 atom stereocenters. The molecule has 0 unspecified atom stereocenters. The summed E-state index contributed by atoms with van der Waals surface area (Å²) in [5, 5.41) is 12.4. The van der Waals surface area contributed by atoms with Crippen LogP contribution in [0.25, 0.3) is 0 Å². The van der Waals surface area contributed by atoms with Crippen LogP contribution >= 0.6 is 0 Å². The molecule has 1 aliphatic carbocycles. The molecule has 1 aromatic rings. The lowest BCUT2D eigenvalue weighted by molar-refractivity contribution is -0.0300. The fourth-order valence-corrected chi connectivity index (χ4v) is 1.85. The van der Waals surface area contributed by atoms with Crippen LogP contribution in [-0.2, 0) is 0 Å². The van der Waals surface area contributed by atoms with Crippen LogP contribution in [0.5, 0.6) is 0 Å². The van der Waals surface area contributed by atoms with Gasteiger partial charge in [0.15, 0.2) is 0 Å². The molecule has 0 bridgehead atoms. The van der Waals surface area contributed by atoms with Crippen molar-refractivity contribution in [3.8, 4) is 0 Å². The molecule has 0 spiro atoms. The van der Waals surface area contributed by atoms with E-state index in [0.717, 1.165) is 6.42 Å². The van der Waals surface area contributed by atoms with Crippen LogP contribution in [0.4, 0.5) is 0 Å². The van der Waals surface area contributed by atoms with Crippen molar-refractivity contribution in [2.45, 2.75) is 31.8 Å². The Balaban J connectivity index is 2.02. The first-order valence-electron chi connectivity index (χ1n) is 5.71. The maximum atomic E-state index is 11.7. The van der Waals surface area contributed by atoms with Crippen LogP contribution in [0.2, 0.25) is 0 Å². The molecule has 0 radical (unpaired) electrons. The molecule has 0 aliphatic heterocycles. The monoisotopic (exact) mass is 236 g/mol. The fraction of sp³-hybridized carbons (Fsp3) is 0.500. The standard InChI is InChI=1S/C12H16N2O3/c1-8-3-4-9(11(16)14-8)10(15)13-7-12(17)5-2-6-12/h3-4,17H,2,5-7H2,1H3,(H,13,15)(H,14,16). The number of aromatic amines is 1. The van der Waals surface area contributed by atoms with E-state index in [9.17, 15) is 14.7 Å². The Labute approximate surface area is 98.9 Å². The van der Waals surface area contributed by atoms with Gasteiger partial charge in [-0.15, -0.1) is 0 Å². The number of aryl methyl sites for hydroxylation is 1. The molecule has 1 aliphatic rings. The van der Waals surface area contributed by atoms with E-state index in [4.69, 9.17) is 0 Å². The maximum absolute atomic E-state index is 11.7. The lowest BCUT2D eigenvalue weighted by Crippen LogP contribution is -2.48. The highest BCUT2D eigenvalue weighted by molar-refractivity contribution is 5.93. The van der Waals surface area contributed by atoms with E-state index in [2.05, 4.69) is 10.3 Å². The van der Waals surface area contributed by atoms with Gasteiger partial charge >= 0.3 is 0 Å². The second-order valence-corrected chi connectivity index (χ2v) is 4.64. The minimum atomic E-state index is -0.771. The highest BCUT2D eigenvalue weighted by Gasteiger charge is 2.34. The summed E-state index contributed by atoms with van der Waals surface area (Å²) >= 11 is 0. The third-order valence-corrected chi connectivity index (χ3v) is 3.16. The Morgan fingerprint density at radius 2 is 2.24 bits per heavy atom. The number of carbonyl (C=O) groups excluding carboxylic acids is 1. The third kappa shape index (κ3) is 2.55. The smallest absolute Gasteiger partial charge is 0.260 e. The summed E-state index contributed by atoms with van der Waals surface area (Å²) < 4.78 is 0. The van der Waals surface area contributed by atoms with Gasteiger partial charge in [-0.3, -0.25) is 9.59 Å². The van der Waals surface area contributed by atoms with E-state index in [1.807, 2.05) is 0 Å². The van der Waals surface area contributed by atoms with Crippen LogP contribution in [0.3, 0.4) is 0 Å².